The zero-order valence-corrected chi connectivity index (χ0v) is 12.3. The number of rotatable bonds is 4. The molecule has 0 saturated heterocycles. The first kappa shape index (κ1) is 15.0. The van der Waals surface area contributed by atoms with Crippen LogP contribution in [0.2, 0.25) is 0 Å². The average molecular weight is 251 g/mol. The van der Waals surface area contributed by atoms with Crippen LogP contribution >= 0.6 is 0 Å². The smallest absolute Gasteiger partial charge is 0.124 e. The summed E-state index contributed by atoms with van der Waals surface area (Å²) in [6.45, 7) is 10.7. The predicted octanol–water partition coefficient (Wildman–Crippen LogP) is 3.13. The zero-order valence-electron chi connectivity index (χ0n) is 12.3. The molecule has 0 aliphatic carbocycles. The van der Waals surface area contributed by atoms with E-state index in [1.54, 1.807) is 7.11 Å². The molecule has 0 heterocycles. The van der Waals surface area contributed by atoms with Gasteiger partial charge in [-0.1, -0.05) is 6.07 Å². The van der Waals surface area contributed by atoms with Crippen molar-refractivity contribution in [3.8, 4) is 5.75 Å². The van der Waals surface area contributed by atoms with Crippen LogP contribution in [-0.2, 0) is 4.74 Å². The normalized spacial score (nSPS) is 13.5. The fourth-order valence-electron chi connectivity index (χ4n) is 2.01. The fraction of sp³-hybridized carbons (Fsp3) is 0.600. The first-order chi connectivity index (χ1) is 8.24. The van der Waals surface area contributed by atoms with E-state index in [0.29, 0.717) is 6.61 Å². The molecule has 1 aromatic rings. The summed E-state index contributed by atoms with van der Waals surface area (Å²) >= 11 is 0. The van der Waals surface area contributed by atoms with Crippen molar-refractivity contribution in [3.63, 3.8) is 0 Å². The Hall–Kier alpha value is -1.06. The van der Waals surface area contributed by atoms with Gasteiger partial charge in [-0.05, 0) is 51.8 Å². The van der Waals surface area contributed by atoms with Crippen LogP contribution in [-0.4, -0.2) is 19.3 Å². The second-order valence-corrected chi connectivity index (χ2v) is 5.73. The van der Waals surface area contributed by atoms with Crippen LogP contribution in [0.1, 0.15) is 43.5 Å². The molecule has 0 radical (unpaired) electrons. The van der Waals surface area contributed by atoms with Crippen LogP contribution in [0.15, 0.2) is 12.1 Å². The Morgan fingerprint density at radius 1 is 1.22 bits per heavy atom. The van der Waals surface area contributed by atoms with Gasteiger partial charge in [-0.15, -0.1) is 0 Å². The number of ether oxygens (including phenoxy) is 2. The highest BCUT2D eigenvalue weighted by Crippen LogP contribution is 2.29. The van der Waals surface area contributed by atoms with Crippen molar-refractivity contribution >= 4 is 0 Å². The lowest BCUT2D eigenvalue weighted by atomic mass is 9.98. The Kier molecular flexibility index (Phi) is 4.77. The number of methoxy groups -OCH3 is 1. The fourth-order valence-corrected chi connectivity index (χ4v) is 2.01. The van der Waals surface area contributed by atoms with E-state index in [9.17, 15) is 0 Å². The third-order valence-corrected chi connectivity index (χ3v) is 2.78. The molecule has 0 aliphatic rings. The van der Waals surface area contributed by atoms with Crippen molar-refractivity contribution in [1.82, 2.24) is 0 Å². The predicted molar refractivity (Wildman–Crippen MR) is 75.1 cm³/mol. The molecule has 1 unspecified atom stereocenters. The molecule has 3 heteroatoms. The van der Waals surface area contributed by atoms with Crippen molar-refractivity contribution in [1.29, 1.82) is 0 Å². The molecule has 0 fully saturated rings. The number of nitrogens with two attached hydrogens (primary N) is 1. The van der Waals surface area contributed by atoms with E-state index < -0.39 is 0 Å². The van der Waals surface area contributed by atoms with E-state index in [4.69, 9.17) is 15.2 Å². The monoisotopic (exact) mass is 251 g/mol. The third-order valence-electron chi connectivity index (χ3n) is 2.78. The van der Waals surface area contributed by atoms with Gasteiger partial charge in [0, 0.05) is 5.56 Å². The molecule has 1 rings (SSSR count). The van der Waals surface area contributed by atoms with E-state index in [2.05, 4.69) is 19.9 Å². The van der Waals surface area contributed by atoms with Gasteiger partial charge in [0.05, 0.1) is 25.4 Å². The summed E-state index contributed by atoms with van der Waals surface area (Å²) in [4.78, 5) is 0. The molecule has 0 spiro atoms. The van der Waals surface area contributed by atoms with Crippen molar-refractivity contribution in [3.05, 3.63) is 28.8 Å². The molecular weight excluding hydrogens is 226 g/mol. The van der Waals surface area contributed by atoms with Crippen LogP contribution < -0.4 is 10.5 Å². The highest BCUT2D eigenvalue weighted by Gasteiger charge is 2.18. The maximum atomic E-state index is 6.22. The molecule has 0 aliphatic heterocycles. The van der Waals surface area contributed by atoms with Gasteiger partial charge in [-0.25, -0.2) is 0 Å². The first-order valence-corrected chi connectivity index (χ1v) is 6.29. The second kappa shape index (κ2) is 5.72. The number of aryl methyl sites for hydroxylation is 2. The van der Waals surface area contributed by atoms with Crippen LogP contribution in [0, 0.1) is 13.8 Å². The van der Waals surface area contributed by atoms with E-state index in [0.717, 1.165) is 16.9 Å². The minimum atomic E-state index is -0.177. The molecule has 1 atom stereocenters. The molecule has 0 bridgehead atoms. The summed E-state index contributed by atoms with van der Waals surface area (Å²) in [7, 11) is 1.68. The number of benzene rings is 1. The van der Waals surface area contributed by atoms with Gasteiger partial charge in [0.2, 0.25) is 0 Å². The van der Waals surface area contributed by atoms with Gasteiger partial charge in [-0.3, -0.25) is 0 Å². The molecule has 18 heavy (non-hydrogen) atoms. The first-order valence-electron chi connectivity index (χ1n) is 6.29. The van der Waals surface area contributed by atoms with E-state index in [1.165, 1.54) is 5.56 Å². The van der Waals surface area contributed by atoms with Crippen LogP contribution in [0.25, 0.3) is 0 Å². The molecule has 102 valence electrons. The summed E-state index contributed by atoms with van der Waals surface area (Å²) in [5.41, 5.74) is 9.41. The van der Waals surface area contributed by atoms with Gasteiger partial charge < -0.3 is 15.2 Å². The summed E-state index contributed by atoms with van der Waals surface area (Å²) in [6, 6.07) is 3.97. The molecule has 0 aromatic heterocycles. The highest BCUT2D eigenvalue weighted by atomic mass is 16.5. The van der Waals surface area contributed by atoms with Crippen molar-refractivity contribution < 1.29 is 9.47 Å². The Labute approximate surface area is 110 Å². The van der Waals surface area contributed by atoms with Gasteiger partial charge in [0.1, 0.15) is 5.75 Å². The topological polar surface area (TPSA) is 44.5 Å². The lowest BCUT2D eigenvalue weighted by molar-refractivity contribution is -0.0105. The standard InChI is InChI=1S/C15H25NO2/c1-10-7-11(2)14(13(8-10)17-6)12(16)9-18-15(3,4)5/h7-8,12H,9,16H2,1-6H3. The van der Waals surface area contributed by atoms with E-state index in [-0.39, 0.29) is 11.6 Å². The minimum Gasteiger partial charge on any atom is -0.496 e. The van der Waals surface area contributed by atoms with Crippen LogP contribution in [0.5, 0.6) is 5.75 Å². The summed E-state index contributed by atoms with van der Waals surface area (Å²) in [5, 5.41) is 0. The van der Waals surface area contributed by atoms with Gasteiger partial charge in [0.15, 0.2) is 0 Å². The summed E-state index contributed by atoms with van der Waals surface area (Å²) in [6.07, 6.45) is 0. The molecule has 1 aromatic carbocycles. The van der Waals surface area contributed by atoms with Gasteiger partial charge in [-0.2, -0.15) is 0 Å². The SMILES string of the molecule is COc1cc(C)cc(C)c1C(N)COC(C)(C)C. The maximum Gasteiger partial charge on any atom is 0.124 e. The Balaban J connectivity index is 2.94. The molecular formula is C15H25NO2. The van der Waals surface area contributed by atoms with Crippen molar-refractivity contribution in [2.75, 3.05) is 13.7 Å². The summed E-state index contributed by atoms with van der Waals surface area (Å²) < 4.78 is 11.2. The van der Waals surface area contributed by atoms with E-state index in [1.807, 2.05) is 26.8 Å². The van der Waals surface area contributed by atoms with Crippen molar-refractivity contribution in [2.24, 2.45) is 5.73 Å². The lowest BCUT2D eigenvalue weighted by Crippen LogP contribution is -2.27. The van der Waals surface area contributed by atoms with Crippen LogP contribution in [0.3, 0.4) is 0 Å². The van der Waals surface area contributed by atoms with Gasteiger partial charge >= 0.3 is 0 Å². The number of hydrogen-bond acceptors (Lipinski definition) is 3. The van der Waals surface area contributed by atoms with E-state index >= 15 is 0 Å². The number of hydrogen-bond donors (Lipinski definition) is 1. The molecule has 0 amide bonds. The molecule has 3 nitrogen and oxygen atoms in total. The second-order valence-electron chi connectivity index (χ2n) is 5.73. The Bertz CT molecular complexity index is 408. The molecule has 2 N–H and O–H groups in total. The van der Waals surface area contributed by atoms with Crippen LogP contribution in [0.4, 0.5) is 0 Å². The quantitative estimate of drug-likeness (QED) is 0.894. The minimum absolute atomic E-state index is 0.167. The zero-order chi connectivity index (χ0) is 13.9. The average Bonchev–Trinajstić information content (AvgIpc) is 2.23. The third kappa shape index (κ3) is 4.00. The van der Waals surface area contributed by atoms with Gasteiger partial charge in [0.25, 0.3) is 0 Å². The maximum absolute atomic E-state index is 6.22. The largest absolute Gasteiger partial charge is 0.496 e. The summed E-state index contributed by atoms with van der Waals surface area (Å²) in [5.74, 6) is 0.845. The molecule has 0 saturated carbocycles. The Morgan fingerprint density at radius 2 is 1.83 bits per heavy atom. The Morgan fingerprint density at radius 3 is 2.33 bits per heavy atom. The highest BCUT2D eigenvalue weighted by molar-refractivity contribution is 5.45. The lowest BCUT2D eigenvalue weighted by Gasteiger charge is -2.24. The van der Waals surface area contributed by atoms with Crippen molar-refractivity contribution in [2.45, 2.75) is 46.3 Å².